The first-order valence-electron chi connectivity index (χ1n) is 6.31. The average Bonchev–Trinajstić information content (AvgIpc) is 3.07. The molecule has 2 saturated carbocycles. The highest BCUT2D eigenvalue weighted by atomic mass is 15.3. The van der Waals surface area contributed by atoms with Gasteiger partial charge in [-0.3, -0.25) is 4.68 Å². The molecular formula is C13H17N3. The van der Waals surface area contributed by atoms with E-state index in [2.05, 4.69) is 21.9 Å². The molecule has 2 aliphatic rings. The van der Waals surface area contributed by atoms with Crippen LogP contribution in [-0.2, 0) is 0 Å². The zero-order chi connectivity index (χ0) is 11.0. The van der Waals surface area contributed by atoms with Gasteiger partial charge in [0.2, 0.25) is 0 Å². The van der Waals surface area contributed by atoms with Crippen LogP contribution in [0.1, 0.15) is 56.2 Å². The summed E-state index contributed by atoms with van der Waals surface area (Å²) >= 11 is 0. The van der Waals surface area contributed by atoms with Crippen molar-refractivity contribution in [2.24, 2.45) is 5.92 Å². The molecule has 84 valence electrons. The second-order valence-corrected chi connectivity index (χ2v) is 5.11. The standard InChI is InChI=1S/C13H17N3/c14-9-10-1-5-12(6-2-10)16-13(7-8-15-16)11-3-4-11/h7-8,10-12H,1-6H2. The van der Waals surface area contributed by atoms with Gasteiger partial charge in [0.1, 0.15) is 0 Å². The number of nitriles is 1. The predicted octanol–water partition coefficient (Wildman–Crippen LogP) is 3.02. The van der Waals surface area contributed by atoms with Gasteiger partial charge in [-0.25, -0.2) is 0 Å². The number of hydrogen-bond acceptors (Lipinski definition) is 2. The van der Waals surface area contributed by atoms with Crippen molar-refractivity contribution in [2.75, 3.05) is 0 Å². The maximum atomic E-state index is 8.89. The van der Waals surface area contributed by atoms with Crippen LogP contribution in [0.3, 0.4) is 0 Å². The van der Waals surface area contributed by atoms with E-state index in [-0.39, 0.29) is 5.92 Å². The summed E-state index contributed by atoms with van der Waals surface area (Å²) in [6, 6.07) is 5.12. The van der Waals surface area contributed by atoms with Gasteiger partial charge in [-0.1, -0.05) is 0 Å². The van der Waals surface area contributed by atoms with Crippen molar-refractivity contribution in [1.82, 2.24) is 9.78 Å². The van der Waals surface area contributed by atoms with Gasteiger partial charge < -0.3 is 0 Å². The van der Waals surface area contributed by atoms with E-state index in [1.165, 1.54) is 18.5 Å². The predicted molar refractivity (Wildman–Crippen MR) is 60.8 cm³/mol. The van der Waals surface area contributed by atoms with E-state index in [0.717, 1.165) is 31.6 Å². The molecule has 0 spiro atoms. The third kappa shape index (κ3) is 1.73. The van der Waals surface area contributed by atoms with Crippen LogP contribution in [0.25, 0.3) is 0 Å². The first-order valence-corrected chi connectivity index (χ1v) is 6.31. The van der Waals surface area contributed by atoms with E-state index in [1.54, 1.807) is 0 Å². The lowest BCUT2D eigenvalue weighted by Crippen LogP contribution is -2.19. The van der Waals surface area contributed by atoms with Crippen LogP contribution in [-0.4, -0.2) is 9.78 Å². The maximum absolute atomic E-state index is 8.89. The number of aromatic nitrogens is 2. The minimum Gasteiger partial charge on any atom is -0.266 e. The van der Waals surface area contributed by atoms with Crippen molar-refractivity contribution in [3.63, 3.8) is 0 Å². The van der Waals surface area contributed by atoms with Gasteiger partial charge in [0.05, 0.1) is 12.1 Å². The molecule has 1 aromatic rings. The molecule has 3 rings (SSSR count). The molecule has 3 nitrogen and oxygen atoms in total. The zero-order valence-electron chi connectivity index (χ0n) is 9.47. The van der Waals surface area contributed by atoms with Gasteiger partial charge in [-0.05, 0) is 44.6 Å². The second kappa shape index (κ2) is 3.93. The Morgan fingerprint density at radius 2 is 1.94 bits per heavy atom. The second-order valence-electron chi connectivity index (χ2n) is 5.11. The number of rotatable bonds is 2. The highest BCUT2D eigenvalue weighted by molar-refractivity contribution is 5.14. The van der Waals surface area contributed by atoms with Crippen LogP contribution in [0.4, 0.5) is 0 Å². The fraction of sp³-hybridized carbons (Fsp3) is 0.692. The minimum absolute atomic E-state index is 0.288. The SMILES string of the molecule is N#CC1CCC(n2nccc2C2CC2)CC1. The maximum Gasteiger partial charge on any atom is 0.0655 e. The summed E-state index contributed by atoms with van der Waals surface area (Å²) in [5, 5.41) is 13.4. The molecular weight excluding hydrogens is 198 g/mol. The first kappa shape index (κ1) is 9.89. The first-order chi connectivity index (χ1) is 7.88. The molecule has 3 heteroatoms. The number of nitrogens with zero attached hydrogens (tertiary/aromatic N) is 3. The van der Waals surface area contributed by atoms with Crippen LogP contribution >= 0.6 is 0 Å². The van der Waals surface area contributed by atoms with Gasteiger partial charge in [0.25, 0.3) is 0 Å². The molecule has 1 heterocycles. The monoisotopic (exact) mass is 215 g/mol. The van der Waals surface area contributed by atoms with Gasteiger partial charge >= 0.3 is 0 Å². The van der Waals surface area contributed by atoms with Gasteiger partial charge in [0, 0.05) is 23.7 Å². The summed E-state index contributed by atoms with van der Waals surface area (Å²) in [5.41, 5.74) is 1.43. The summed E-state index contributed by atoms with van der Waals surface area (Å²) in [7, 11) is 0. The Hall–Kier alpha value is -1.30. The van der Waals surface area contributed by atoms with Crippen LogP contribution in [0.2, 0.25) is 0 Å². The molecule has 0 atom stereocenters. The quantitative estimate of drug-likeness (QED) is 0.761. The topological polar surface area (TPSA) is 41.6 Å². The van der Waals surface area contributed by atoms with E-state index in [1.807, 2.05) is 6.20 Å². The zero-order valence-corrected chi connectivity index (χ0v) is 9.47. The Balaban J connectivity index is 1.73. The third-order valence-corrected chi connectivity index (χ3v) is 3.92. The third-order valence-electron chi connectivity index (χ3n) is 3.92. The molecule has 0 unspecified atom stereocenters. The lowest BCUT2D eigenvalue weighted by Gasteiger charge is -2.26. The molecule has 0 radical (unpaired) electrons. The Morgan fingerprint density at radius 3 is 2.56 bits per heavy atom. The Kier molecular flexibility index (Phi) is 2.43. The van der Waals surface area contributed by atoms with E-state index in [0.29, 0.717) is 6.04 Å². The molecule has 0 aliphatic heterocycles. The molecule has 2 aliphatic carbocycles. The van der Waals surface area contributed by atoms with Gasteiger partial charge in [-0.15, -0.1) is 0 Å². The summed E-state index contributed by atoms with van der Waals surface area (Å²) in [6.07, 6.45) is 8.94. The van der Waals surface area contributed by atoms with Crippen molar-refractivity contribution in [3.05, 3.63) is 18.0 Å². The van der Waals surface area contributed by atoms with Crippen molar-refractivity contribution < 1.29 is 0 Å². The highest BCUT2D eigenvalue weighted by Gasteiger charge is 2.30. The Labute approximate surface area is 96.1 Å². The fourth-order valence-corrected chi connectivity index (χ4v) is 2.78. The lowest BCUT2D eigenvalue weighted by molar-refractivity contribution is 0.289. The summed E-state index contributed by atoms with van der Waals surface area (Å²) in [5.74, 6) is 1.06. The Morgan fingerprint density at radius 1 is 1.19 bits per heavy atom. The molecule has 0 amide bonds. The normalized spacial score (nSPS) is 29.9. The van der Waals surface area contributed by atoms with E-state index < -0.39 is 0 Å². The Bertz CT molecular complexity index is 403. The van der Waals surface area contributed by atoms with Crippen LogP contribution in [0, 0.1) is 17.2 Å². The number of hydrogen-bond donors (Lipinski definition) is 0. The smallest absolute Gasteiger partial charge is 0.0655 e. The molecule has 0 N–H and O–H groups in total. The van der Waals surface area contributed by atoms with Crippen LogP contribution in [0.15, 0.2) is 12.3 Å². The molecule has 0 aromatic carbocycles. The van der Waals surface area contributed by atoms with E-state index in [4.69, 9.17) is 5.26 Å². The average molecular weight is 215 g/mol. The summed E-state index contributed by atoms with van der Waals surface area (Å²) < 4.78 is 2.24. The highest BCUT2D eigenvalue weighted by Crippen LogP contribution is 2.42. The molecule has 0 saturated heterocycles. The van der Waals surface area contributed by atoms with Gasteiger partial charge in [-0.2, -0.15) is 10.4 Å². The fourth-order valence-electron chi connectivity index (χ4n) is 2.78. The van der Waals surface area contributed by atoms with Crippen LogP contribution < -0.4 is 0 Å². The summed E-state index contributed by atoms with van der Waals surface area (Å²) in [6.45, 7) is 0. The molecule has 1 aromatic heterocycles. The largest absolute Gasteiger partial charge is 0.266 e. The van der Waals surface area contributed by atoms with Crippen molar-refractivity contribution in [1.29, 1.82) is 5.26 Å². The van der Waals surface area contributed by atoms with E-state index in [9.17, 15) is 0 Å². The molecule has 16 heavy (non-hydrogen) atoms. The summed E-state index contributed by atoms with van der Waals surface area (Å²) in [4.78, 5) is 0. The lowest BCUT2D eigenvalue weighted by atomic mass is 9.87. The molecule has 0 bridgehead atoms. The molecule has 2 fully saturated rings. The van der Waals surface area contributed by atoms with E-state index >= 15 is 0 Å². The van der Waals surface area contributed by atoms with Gasteiger partial charge in [0.15, 0.2) is 0 Å². The van der Waals surface area contributed by atoms with Crippen molar-refractivity contribution in [3.8, 4) is 6.07 Å². The minimum atomic E-state index is 0.288. The van der Waals surface area contributed by atoms with Crippen LogP contribution in [0.5, 0.6) is 0 Å². The van der Waals surface area contributed by atoms with Crippen molar-refractivity contribution >= 4 is 0 Å². The van der Waals surface area contributed by atoms with Crippen molar-refractivity contribution in [2.45, 2.75) is 50.5 Å².